The lowest BCUT2D eigenvalue weighted by molar-refractivity contribution is -0.383. The summed E-state index contributed by atoms with van der Waals surface area (Å²) >= 11 is 0. The van der Waals surface area contributed by atoms with Gasteiger partial charge in [-0.25, -0.2) is 9.48 Å². The van der Waals surface area contributed by atoms with Gasteiger partial charge in [-0.05, 0) is 44.0 Å². The van der Waals surface area contributed by atoms with Crippen molar-refractivity contribution in [3.05, 3.63) is 62.7 Å². The minimum atomic E-state index is -0.544. The second kappa shape index (κ2) is 13.5. The number of hydrogen-bond acceptors (Lipinski definition) is 10. The molecule has 4 rings (SSSR count). The van der Waals surface area contributed by atoms with Gasteiger partial charge in [-0.2, -0.15) is 5.10 Å². The Morgan fingerprint density at radius 2 is 1.88 bits per heavy atom. The summed E-state index contributed by atoms with van der Waals surface area (Å²) in [6.45, 7) is 6.71. The number of ether oxygens (including phenoxy) is 2. The lowest BCUT2D eigenvalue weighted by atomic mass is 10.1. The second-order valence-electron chi connectivity index (χ2n) is 10.8. The lowest BCUT2D eigenvalue weighted by Gasteiger charge is -2.34. The molecule has 1 atom stereocenters. The number of anilines is 2. The van der Waals surface area contributed by atoms with E-state index in [9.17, 15) is 19.7 Å². The van der Waals surface area contributed by atoms with Crippen molar-refractivity contribution in [3.8, 4) is 17.0 Å². The molecule has 1 fully saturated rings. The Balaban J connectivity index is 1.35. The molecule has 1 aliphatic heterocycles. The minimum Gasteiger partial charge on any atom is -0.477 e. The summed E-state index contributed by atoms with van der Waals surface area (Å²) in [6.07, 6.45) is 4.51. The first-order valence-electron chi connectivity index (χ1n) is 14.0. The Kier molecular flexibility index (Phi) is 9.84. The number of nitro benzene ring substituents is 1. The standard InChI is InChI=1S/C29H39N7O6/c1-20(17-30-25-16-22(8-9-26(25)36(39)40)35-12-10-32(2)11-13-35)7-6-14-42-28-24(18-31-34(28)4)23-15-21(29(38)41-5)19-33(3)27(23)37/h8-9,15-16,18-20,30H,6-7,10-14,17H2,1-5H3/t20-/m1/s1. The molecule has 0 spiro atoms. The second-order valence-corrected chi connectivity index (χ2v) is 10.8. The van der Waals surface area contributed by atoms with E-state index in [2.05, 4.69) is 34.2 Å². The highest BCUT2D eigenvalue weighted by Crippen LogP contribution is 2.31. The van der Waals surface area contributed by atoms with Crippen molar-refractivity contribution >= 4 is 23.0 Å². The van der Waals surface area contributed by atoms with Crippen molar-refractivity contribution in [1.82, 2.24) is 19.2 Å². The van der Waals surface area contributed by atoms with Crippen LogP contribution in [0.3, 0.4) is 0 Å². The van der Waals surface area contributed by atoms with Gasteiger partial charge in [0.2, 0.25) is 5.88 Å². The third-order valence-corrected chi connectivity index (χ3v) is 7.55. The Hall–Kier alpha value is -4.39. The van der Waals surface area contributed by atoms with Crippen LogP contribution in [0, 0.1) is 16.0 Å². The monoisotopic (exact) mass is 581 g/mol. The van der Waals surface area contributed by atoms with Crippen LogP contribution in [0.5, 0.6) is 5.88 Å². The highest BCUT2D eigenvalue weighted by molar-refractivity contribution is 5.90. The zero-order chi connectivity index (χ0) is 30.4. The zero-order valence-corrected chi connectivity index (χ0v) is 24.8. The normalized spacial score (nSPS) is 14.5. The fraction of sp³-hybridized carbons (Fsp3) is 0.483. The lowest BCUT2D eigenvalue weighted by Crippen LogP contribution is -2.44. The van der Waals surface area contributed by atoms with Gasteiger partial charge in [0.25, 0.3) is 11.2 Å². The van der Waals surface area contributed by atoms with E-state index in [1.165, 1.54) is 23.9 Å². The summed E-state index contributed by atoms with van der Waals surface area (Å²) < 4.78 is 13.8. The molecular weight excluding hydrogens is 542 g/mol. The van der Waals surface area contributed by atoms with Crippen molar-refractivity contribution in [2.24, 2.45) is 20.0 Å². The predicted molar refractivity (Wildman–Crippen MR) is 160 cm³/mol. The van der Waals surface area contributed by atoms with Crippen molar-refractivity contribution < 1.29 is 19.2 Å². The molecule has 13 nitrogen and oxygen atoms in total. The number of hydrogen-bond donors (Lipinski definition) is 1. The molecule has 0 aliphatic carbocycles. The van der Waals surface area contributed by atoms with Crippen LogP contribution in [0.2, 0.25) is 0 Å². The Bertz CT molecular complexity index is 1480. The molecule has 1 saturated heterocycles. The van der Waals surface area contributed by atoms with Crippen molar-refractivity contribution in [1.29, 1.82) is 0 Å². The number of carbonyl (C=O) groups excluding carboxylic acids is 1. The van der Waals surface area contributed by atoms with Gasteiger partial charge in [0.15, 0.2) is 0 Å². The molecule has 0 saturated carbocycles. The SMILES string of the molecule is COC(=O)c1cc(-c2cnn(C)c2OCCC[C@@H](C)CNc2cc(N3CCN(C)CC3)ccc2[N+](=O)[O-])c(=O)n(C)c1. The molecule has 3 heterocycles. The first-order valence-corrected chi connectivity index (χ1v) is 14.0. The van der Waals surface area contributed by atoms with Gasteiger partial charge in [-0.3, -0.25) is 14.9 Å². The molecule has 1 aliphatic rings. The van der Waals surface area contributed by atoms with Crippen LogP contribution in [0.25, 0.3) is 11.1 Å². The maximum Gasteiger partial charge on any atom is 0.339 e. The van der Waals surface area contributed by atoms with E-state index in [1.807, 2.05) is 12.1 Å². The minimum absolute atomic E-state index is 0.0644. The molecule has 13 heteroatoms. The van der Waals surface area contributed by atoms with Gasteiger partial charge >= 0.3 is 5.97 Å². The van der Waals surface area contributed by atoms with Gasteiger partial charge in [0.1, 0.15) is 5.69 Å². The van der Waals surface area contributed by atoms with Crippen LogP contribution < -0.4 is 20.5 Å². The number of pyridine rings is 1. The van der Waals surface area contributed by atoms with E-state index in [4.69, 9.17) is 9.47 Å². The number of rotatable bonds is 12. The third-order valence-electron chi connectivity index (χ3n) is 7.55. The van der Waals surface area contributed by atoms with Crippen LogP contribution in [-0.4, -0.2) is 83.6 Å². The number of methoxy groups -OCH3 is 1. The summed E-state index contributed by atoms with van der Waals surface area (Å²) in [7, 11) is 6.68. The van der Waals surface area contributed by atoms with E-state index >= 15 is 0 Å². The van der Waals surface area contributed by atoms with Crippen molar-refractivity contribution in [2.75, 3.05) is 63.7 Å². The van der Waals surface area contributed by atoms with E-state index < -0.39 is 5.97 Å². The topological polar surface area (TPSA) is 137 Å². The Morgan fingerprint density at radius 3 is 2.57 bits per heavy atom. The van der Waals surface area contributed by atoms with Crippen molar-refractivity contribution in [3.63, 3.8) is 0 Å². The van der Waals surface area contributed by atoms with Crippen LogP contribution in [0.4, 0.5) is 17.1 Å². The van der Waals surface area contributed by atoms with E-state index in [0.717, 1.165) is 44.7 Å². The van der Waals surface area contributed by atoms with Crippen molar-refractivity contribution in [2.45, 2.75) is 19.8 Å². The highest BCUT2D eigenvalue weighted by atomic mass is 16.6. The summed E-state index contributed by atoms with van der Waals surface area (Å²) in [4.78, 5) is 40.8. The summed E-state index contributed by atoms with van der Waals surface area (Å²) in [6, 6.07) is 6.77. The number of carbonyl (C=O) groups is 1. The fourth-order valence-corrected chi connectivity index (χ4v) is 4.99. The molecule has 2 aromatic heterocycles. The molecule has 3 aromatic rings. The molecule has 226 valence electrons. The largest absolute Gasteiger partial charge is 0.477 e. The number of aryl methyl sites for hydroxylation is 2. The number of likely N-dealkylation sites (N-methyl/N-ethyl adjacent to an activating group) is 1. The van der Waals surface area contributed by atoms with Gasteiger partial charge in [-0.15, -0.1) is 0 Å². The van der Waals surface area contributed by atoms with Gasteiger partial charge < -0.3 is 29.2 Å². The average Bonchev–Trinajstić information content (AvgIpc) is 3.34. The maximum atomic E-state index is 12.9. The number of nitrogens with one attached hydrogen (secondary N) is 1. The fourth-order valence-electron chi connectivity index (χ4n) is 4.99. The average molecular weight is 582 g/mol. The molecular formula is C29H39N7O6. The number of benzene rings is 1. The quantitative estimate of drug-likeness (QED) is 0.147. The molecule has 42 heavy (non-hydrogen) atoms. The summed E-state index contributed by atoms with van der Waals surface area (Å²) in [5.41, 5.74) is 2.32. The van der Waals surface area contributed by atoms with Gasteiger partial charge in [0.05, 0.1) is 41.5 Å². The zero-order valence-electron chi connectivity index (χ0n) is 24.8. The molecule has 0 bridgehead atoms. The van der Waals surface area contributed by atoms with Gasteiger partial charge in [0, 0.05) is 64.8 Å². The number of piperazine rings is 1. The predicted octanol–water partition coefficient (Wildman–Crippen LogP) is 3.14. The Labute approximate surface area is 244 Å². The number of esters is 1. The van der Waals surface area contributed by atoms with E-state index in [0.29, 0.717) is 35.8 Å². The molecule has 1 aromatic carbocycles. The number of nitro groups is 1. The van der Waals surface area contributed by atoms with E-state index in [-0.39, 0.29) is 27.7 Å². The van der Waals surface area contributed by atoms with E-state index in [1.54, 1.807) is 31.0 Å². The van der Waals surface area contributed by atoms with Gasteiger partial charge in [-0.1, -0.05) is 6.92 Å². The summed E-state index contributed by atoms with van der Waals surface area (Å²) in [5, 5.41) is 19.2. The first kappa shape index (κ1) is 30.6. The van der Waals surface area contributed by atoms with Crippen LogP contribution in [0.15, 0.2) is 41.5 Å². The Morgan fingerprint density at radius 1 is 1.14 bits per heavy atom. The molecule has 0 unspecified atom stereocenters. The molecule has 0 amide bonds. The van der Waals surface area contributed by atoms with Crippen LogP contribution in [-0.2, 0) is 18.8 Å². The number of nitrogens with zero attached hydrogens (tertiary/aromatic N) is 6. The number of aromatic nitrogens is 3. The highest BCUT2D eigenvalue weighted by Gasteiger charge is 2.21. The smallest absolute Gasteiger partial charge is 0.339 e. The van der Waals surface area contributed by atoms with Crippen LogP contribution >= 0.6 is 0 Å². The molecule has 1 N–H and O–H groups in total. The molecule has 0 radical (unpaired) electrons. The van der Waals surface area contributed by atoms with Crippen LogP contribution in [0.1, 0.15) is 30.1 Å². The summed E-state index contributed by atoms with van der Waals surface area (Å²) in [5.74, 6) is 0.101. The third kappa shape index (κ3) is 7.08. The first-order chi connectivity index (χ1) is 20.1. The maximum absolute atomic E-state index is 12.9.